The molecule has 0 heterocycles. The molecule has 0 fully saturated rings. The van der Waals surface area contributed by atoms with E-state index < -0.39 is 12.2 Å². The van der Waals surface area contributed by atoms with Crippen LogP contribution in [0.4, 0.5) is 0 Å². The smallest absolute Gasteiger partial charge is 0.254 e. The van der Waals surface area contributed by atoms with E-state index in [0.29, 0.717) is 6.54 Å². The molecule has 4 nitrogen and oxygen atoms in total. The van der Waals surface area contributed by atoms with Crippen LogP contribution in [0.5, 0.6) is 0 Å². The summed E-state index contributed by atoms with van der Waals surface area (Å²) in [5.41, 5.74) is 2.21. The molecule has 1 aromatic carbocycles. The quantitative estimate of drug-likeness (QED) is 0.859. The van der Waals surface area contributed by atoms with Crippen molar-refractivity contribution in [1.82, 2.24) is 4.90 Å². The van der Waals surface area contributed by atoms with Crippen LogP contribution in [-0.4, -0.2) is 42.3 Å². The van der Waals surface area contributed by atoms with Crippen LogP contribution < -0.4 is 0 Å². The Hall–Kier alpha value is -1.39. The SMILES string of the molecule is CO[C@@H](C)[C@@H](O)C(=O)N(C)Cc1ccccc1C. The number of aliphatic hydroxyl groups excluding tert-OH is 1. The van der Waals surface area contributed by atoms with Crippen LogP contribution in [0.15, 0.2) is 24.3 Å². The van der Waals surface area contributed by atoms with Crippen LogP contribution in [0.3, 0.4) is 0 Å². The topological polar surface area (TPSA) is 49.8 Å². The summed E-state index contributed by atoms with van der Waals surface area (Å²) in [6, 6.07) is 7.88. The van der Waals surface area contributed by atoms with E-state index in [9.17, 15) is 9.90 Å². The summed E-state index contributed by atoms with van der Waals surface area (Å²) in [5, 5.41) is 9.79. The standard InChI is InChI=1S/C14H21NO3/c1-10-7-5-6-8-12(10)9-15(3)14(17)13(16)11(2)18-4/h5-8,11,13,16H,9H2,1-4H3/t11-,13+/m0/s1. The number of methoxy groups -OCH3 is 1. The fourth-order valence-electron chi connectivity index (χ4n) is 1.68. The number of aryl methyl sites for hydroxylation is 1. The van der Waals surface area contributed by atoms with Crippen molar-refractivity contribution in [2.75, 3.05) is 14.2 Å². The molecule has 18 heavy (non-hydrogen) atoms. The van der Waals surface area contributed by atoms with Crippen molar-refractivity contribution in [3.63, 3.8) is 0 Å². The van der Waals surface area contributed by atoms with Crippen LogP contribution in [0, 0.1) is 6.92 Å². The van der Waals surface area contributed by atoms with Gasteiger partial charge in [-0.25, -0.2) is 0 Å². The molecule has 0 aliphatic rings. The predicted octanol–water partition coefficient (Wildman–Crippen LogP) is 1.35. The number of amides is 1. The Balaban J connectivity index is 2.68. The van der Waals surface area contributed by atoms with Gasteiger partial charge in [0.05, 0.1) is 6.10 Å². The normalized spacial score (nSPS) is 14.1. The highest BCUT2D eigenvalue weighted by Crippen LogP contribution is 2.11. The monoisotopic (exact) mass is 251 g/mol. The van der Waals surface area contributed by atoms with Crippen molar-refractivity contribution in [3.8, 4) is 0 Å². The van der Waals surface area contributed by atoms with E-state index in [-0.39, 0.29) is 5.91 Å². The maximum absolute atomic E-state index is 12.0. The number of rotatable bonds is 5. The van der Waals surface area contributed by atoms with Gasteiger partial charge in [-0.15, -0.1) is 0 Å². The zero-order valence-corrected chi connectivity index (χ0v) is 11.4. The number of aliphatic hydroxyl groups is 1. The Morgan fingerprint density at radius 3 is 2.61 bits per heavy atom. The van der Waals surface area contributed by atoms with Gasteiger partial charge >= 0.3 is 0 Å². The minimum Gasteiger partial charge on any atom is -0.381 e. The van der Waals surface area contributed by atoms with Gasteiger partial charge in [0, 0.05) is 20.7 Å². The van der Waals surface area contributed by atoms with Gasteiger partial charge in [-0.05, 0) is 25.0 Å². The van der Waals surface area contributed by atoms with Crippen LogP contribution in [0.2, 0.25) is 0 Å². The van der Waals surface area contributed by atoms with E-state index in [1.54, 1.807) is 14.0 Å². The van der Waals surface area contributed by atoms with Gasteiger partial charge in [-0.3, -0.25) is 4.79 Å². The molecule has 100 valence electrons. The highest BCUT2D eigenvalue weighted by molar-refractivity contribution is 5.81. The summed E-state index contributed by atoms with van der Waals surface area (Å²) in [7, 11) is 3.16. The van der Waals surface area contributed by atoms with Crippen LogP contribution in [0.25, 0.3) is 0 Å². The Labute approximate surface area is 108 Å². The van der Waals surface area contributed by atoms with E-state index in [1.807, 2.05) is 31.2 Å². The molecule has 0 aliphatic heterocycles. The van der Waals surface area contributed by atoms with Crippen molar-refractivity contribution in [3.05, 3.63) is 35.4 Å². The fourth-order valence-corrected chi connectivity index (χ4v) is 1.68. The lowest BCUT2D eigenvalue weighted by Crippen LogP contribution is -2.42. The molecule has 1 aromatic rings. The lowest BCUT2D eigenvalue weighted by Gasteiger charge is -2.24. The first kappa shape index (κ1) is 14.7. The molecular formula is C14H21NO3. The number of carbonyl (C=O) groups excluding carboxylic acids is 1. The lowest BCUT2D eigenvalue weighted by molar-refractivity contribution is -0.146. The number of carbonyl (C=O) groups is 1. The van der Waals surface area contributed by atoms with E-state index in [1.165, 1.54) is 12.0 Å². The second-order valence-electron chi connectivity index (χ2n) is 4.51. The highest BCUT2D eigenvalue weighted by atomic mass is 16.5. The second kappa shape index (κ2) is 6.52. The molecule has 0 saturated carbocycles. The molecule has 0 aliphatic carbocycles. The summed E-state index contributed by atoms with van der Waals surface area (Å²) < 4.78 is 4.96. The van der Waals surface area contributed by atoms with Crippen LogP contribution in [0.1, 0.15) is 18.1 Å². The highest BCUT2D eigenvalue weighted by Gasteiger charge is 2.25. The second-order valence-corrected chi connectivity index (χ2v) is 4.51. The van der Waals surface area contributed by atoms with Gasteiger partial charge in [0.25, 0.3) is 5.91 Å². The third-order valence-corrected chi connectivity index (χ3v) is 3.11. The first-order valence-electron chi connectivity index (χ1n) is 5.97. The van der Waals surface area contributed by atoms with E-state index in [0.717, 1.165) is 11.1 Å². The van der Waals surface area contributed by atoms with E-state index in [2.05, 4.69) is 0 Å². The number of benzene rings is 1. The zero-order chi connectivity index (χ0) is 13.7. The molecule has 0 bridgehead atoms. The summed E-state index contributed by atoms with van der Waals surface area (Å²) in [6.07, 6.45) is -1.62. The first-order valence-corrected chi connectivity index (χ1v) is 5.97. The Bertz CT molecular complexity index is 406. The first-order chi connectivity index (χ1) is 8.47. The predicted molar refractivity (Wildman–Crippen MR) is 70.1 cm³/mol. The number of likely N-dealkylation sites (N-methyl/N-ethyl adjacent to an activating group) is 1. The number of hydrogen-bond donors (Lipinski definition) is 1. The molecular weight excluding hydrogens is 230 g/mol. The minimum atomic E-state index is -1.12. The van der Waals surface area contributed by atoms with E-state index in [4.69, 9.17) is 4.74 Å². The molecule has 1 amide bonds. The van der Waals surface area contributed by atoms with Crippen LogP contribution in [-0.2, 0) is 16.1 Å². The number of ether oxygens (including phenoxy) is 1. The van der Waals surface area contributed by atoms with Crippen LogP contribution >= 0.6 is 0 Å². The fraction of sp³-hybridized carbons (Fsp3) is 0.500. The number of nitrogens with zero attached hydrogens (tertiary/aromatic N) is 1. The zero-order valence-electron chi connectivity index (χ0n) is 11.4. The molecule has 1 rings (SSSR count). The average molecular weight is 251 g/mol. The Morgan fingerprint density at radius 2 is 2.06 bits per heavy atom. The van der Waals surface area contributed by atoms with Gasteiger partial charge in [0.2, 0.25) is 0 Å². The van der Waals surface area contributed by atoms with Gasteiger partial charge < -0.3 is 14.7 Å². The van der Waals surface area contributed by atoms with Gasteiger partial charge in [-0.1, -0.05) is 24.3 Å². The Morgan fingerprint density at radius 1 is 1.44 bits per heavy atom. The number of hydrogen-bond acceptors (Lipinski definition) is 3. The van der Waals surface area contributed by atoms with Gasteiger partial charge in [0.1, 0.15) is 0 Å². The van der Waals surface area contributed by atoms with Crippen molar-refractivity contribution >= 4 is 5.91 Å². The molecule has 0 unspecified atom stereocenters. The molecule has 4 heteroatoms. The Kier molecular flexibility index (Phi) is 5.31. The van der Waals surface area contributed by atoms with Gasteiger partial charge in [0.15, 0.2) is 6.10 Å². The van der Waals surface area contributed by atoms with Crippen molar-refractivity contribution in [1.29, 1.82) is 0 Å². The summed E-state index contributed by atoms with van der Waals surface area (Å²) in [5.74, 6) is -0.326. The average Bonchev–Trinajstić information content (AvgIpc) is 2.38. The van der Waals surface area contributed by atoms with Crippen molar-refractivity contribution < 1.29 is 14.6 Å². The molecule has 1 N–H and O–H groups in total. The third-order valence-electron chi connectivity index (χ3n) is 3.11. The summed E-state index contributed by atoms with van der Waals surface area (Å²) in [6.45, 7) is 4.16. The largest absolute Gasteiger partial charge is 0.381 e. The van der Waals surface area contributed by atoms with Crippen molar-refractivity contribution in [2.24, 2.45) is 0 Å². The maximum atomic E-state index is 12.0. The van der Waals surface area contributed by atoms with E-state index >= 15 is 0 Å². The molecule has 0 aromatic heterocycles. The molecule has 2 atom stereocenters. The minimum absolute atomic E-state index is 0.326. The summed E-state index contributed by atoms with van der Waals surface area (Å²) in [4.78, 5) is 13.5. The summed E-state index contributed by atoms with van der Waals surface area (Å²) >= 11 is 0. The molecule has 0 spiro atoms. The third kappa shape index (κ3) is 3.55. The van der Waals surface area contributed by atoms with Crippen molar-refractivity contribution in [2.45, 2.75) is 32.6 Å². The maximum Gasteiger partial charge on any atom is 0.254 e. The van der Waals surface area contributed by atoms with Gasteiger partial charge in [-0.2, -0.15) is 0 Å². The molecule has 0 radical (unpaired) electrons. The molecule has 0 saturated heterocycles. The lowest BCUT2D eigenvalue weighted by atomic mass is 10.1.